The number of hydrogen-bond acceptors (Lipinski definition) is 2. The number of nitrogens with zero attached hydrogens (tertiary/aromatic N) is 1. The highest BCUT2D eigenvalue weighted by atomic mass is 35.5. The first-order valence-electron chi connectivity index (χ1n) is 6.87. The van der Waals surface area contributed by atoms with Gasteiger partial charge in [-0.1, -0.05) is 18.0 Å². The SMILES string of the molecule is COc1ccc(Cl)cc1CN(CCCCl)C1CCC1. The molecule has 19 heavy (non-hydrogen) atoms. The third-order valence-corrected chi connectivity index (χ3v) is 4.29. The van der Waals surface area contributed by atoms with E-state index in [9.17, 15) is 0 Å². The van der Waals surface area contributed by atoms with Crippen molar-refractivity contribution in [3.05, 3.63) is 28.8 Å². The van der Waals surface area contributed by atoms with E-state index in [-0.39, 0.29) is 0 Å². The van der Waals surface area contributed by atoms with Gasteiger partial charge in [0.2, 0.25) is 0 Å². The normalized spacial score (nSPS) is 15.6. The molecule has 2 rings (SSSR count). The van der Waals surface area contributed by atoms with Crippen LogP contribution in [0.4, 0.5) is 0 Å². The lowest BCUT2D eigenvalue weighted by molar-refractivity contribution is 0.119. The molecule has 0 N–H and O–H groups in total. The largest absolute Gasteiger partial charge is 0.496 e. The monoisotopic (exact) mass is 301 g/mol. The first-order valence-corrected chi connectivity index (χ1v) is 7.78. The molecule has 4 heteroatoms. The highest BCUT2D eigenvalue weighted by molar-refractivity contribution is 6.30. The van der Waals surface area contributed by atoms with E-state index in [0.717, 1.165) is 41.7 Å². The molecule has 1 aliphatic rings. The van der Waals surface area contributed by atoms with Crippen LogP contribution in [0.15, 0.2) is 18.2 Å². The average molecular weight is 302 g/mol. The molecule has 0 radical (unpaired) electrons. The summed E-state index contributed by atoms with van der Waals surface area (Å²) in [6, 6.07) is 6.52. The zero-order valence-electron chi connectivity index (χ0n) is 11.4. The molecule has 0 unspecified atom stereocenters. The van der Waals surface area contributed by atoms with Gasteiger partial charge in [0, 0.05) is 29.1 Å². The van der Waals surface area contributed by atoms with Crippen LogP contribution in [0.1, 0.15) is 31.2 Å². The van der Waals surface area contributed by atoms with Crippen molar-refractivity contribution in [3.8, 4) is 5.75 Å². The predicted octanol–water partition coefficient (Wildman–Crippen LogP) is 4.33. The molecular weight excluding hydrogens is 281 g/mol. The smallest absolute Gasteiger partial charge is 0.123 e. The maximum Gasteiger partial charge on any atom is 0.123 e. The van der Waals surface area contributed by atoms with Crippen molar-refractivity contribution in [2.75, 3.05) is 19.5 Å². The molecule has 1 aliphatic carbocycles. The van der Waals surface area contributed by atoms with E-state index in [1.54, 1.807) is 7.11 Å². The van der Waals surface area contributed by atoms with Crippen molar-refractivity contribution >= 4 is 23.2 Å². The summed E-state index contributed by atoms with van der Waals surface area (Å²) in [5.74, 6) is 1.63. The van der Waals surface area contributed by atoms with Crippen molar-refractivity contribution in [1.29, 1.82) is 0 Å². The van der Waals surface area contributed by atoms with Crippen molar-refractivity contribution in [1.82, 2.24) is 4.90 Å². The Morgan fingerprint density at radius 2 is 2.16 bits per heavy atom. The van der Waals surface area contributed by atoms with Crippen LogP contribution in [-0.4, -0.2) is 30.5 Å². The van der Waals surface area contributed by atoms with Gasteiger partial charge >= 0.3 is 0 Å². The maximum atomic E-state index is 6.09. The van der Waals surface area contributed by atoms with Gasteiger partial charge in [-0.3, -0.25) is 4.90 Å². The van der Waals surface area contributed by atoms with E-state index in [1.165, 1.54) is 19.3 Å². The molecule has 106 valence electrons. The van der Waals surface area contributed by atoms with E-state index >= 15 is 0 Å². The molecule has 1 aromatic rings. The van der Waals surface area contributed by atoms with E-state index in [0.29, 0.717) is 6.04 Å². The number of hydrogen-bond donors (Lipinski definition) is 0. The minimum Gasteiger partial charge on any atom is -0.496 e. The molecule has 0 saturated heterocycles. The summed E-state index contributed by atoms with van der Waals surface area (Å²) in [6.07, 6.45) is 4.96. The second kappa shape index (κ2) is 7.37. The Kier molecular flexibility index (Phi) is 5.80. The summed E-state index contributed by atoms with van der Waals surface area (Å²) in [7, 11) is 1.71. The Morgan fingerprint density at radius 3 is 2.74 bits per heavy atom. The van der Waals surface area contributed by atoms with Crippen LogP contribution < -0.4 is 4.74 Å². The molecule has 2 nitrogen and oxygen atoms in total. The minimum atomic E-state index is 0.701. The summed E-state index contributed by atoms with van der Waals surface area (Å²) in [4.78, 5) is 2.51. The molecule has 1 saturated carbocycles. The van der Waals surface area contributed by atoms with Gasteiger partial charge in [-0.15, -0.1) is 11.6 Å². The summed E-state index contributed by atoms with van der Waals surface area (Å²) >= 11 is 11.9. The van der Waals surface area contributed by atoms with Crippen LogP contribution in [0, 0.1) is 0 Å². The molecule has 0 atom stereocenters. The first kappa shape index (κ1) is 15.0. The van der Waals surface area contributed by atoms with Crippen LogP contribution in [0.3, 0.4) is 0 Å². The maximum absolute atomic E-state index is 6.09. The standard InChI is InChI=1S/C15H21Cl2NO/c1-19-15-7-6-13(17)10-12(15)11-18(9-3-8-16)14-4-2-5-14/h6-7,10,14H,2-5,8-9,11H2,1H3. The number of methoxy groups -OCH3 is 1. The summed E-state index contributed by atoms with van der Waals surface area (Å²) < 4.78 is 5.43. The molecular formula is C15H21Cl2NO. The number of ether oxygens (including phenoxy) is 1. The molecule has 0 heterocycles. The lowest BCUT2D eigenvalue weighted by Gasteiger charge is -2.37. The van der Waals surface area contributed by atoms with Crippen molar-refractivity contribution in [2.24, 2.45) is 0 Å². The highest BCUT2D eigenvalue weighted by Gasteiger charge is 2.25. The number of rotatable bonds is 7. The fourth-order valence-corrected chi connectivity index (χ4v) is 2.81. The third kappa shape index (κ3) is 4.01. The number of benzene rings is 1. The average Bonchev–Trinajstić information content (AvgIpc) is 2.34. The van der Waals surface area contributed by atoms with E-state index < -0.39 is 0 Å². The summed E-state index contributed by atoms with van der Waals surface area (Å²) in [5, 5.41) is 0.765. The van der Waals surface area contributed by atoms with E-state index in [4.69, 9.17) is 27.9 Å². The van der Waals surface area contributed by atoms with E-state index in [1.807, 2.05) is 18.2 Å². The van der Waals surface area contributed by atoms with Crippen molar-refractivity contribution in [2.45, 2.75) is 38.3 Å². The minimum absolute atomic E-state index is 0.701. The Balaban J connectivity index is 2.08. The molecule has 0 aliphatic heterocycles. The molecule has 0 aromatic heterocycles. The molecule has 0 amide bonds. The van der Waals surface area contributed by atoms with Gasteiger partial charge in [-0.25, -0.2) is 0 Å². The second-order valence-electron chi connectivity index (χ2n) is 5.05. The highest BCUT2D eigenvalue weighted by Crippen LogP contribution is 2.30. The fourth-order valence-electron chi connectivity index (χ4n) is 2.49. The Labute approximate surface area is 125 Å². The molecule has 0 spiro atoms. The van der Waals surface area contributed by atoms with Crippen molar-refractivity contribution in [3.63, 3.8) is 0 Å². The van der Waals surface area contributed by atoms with Gasteiger partial charge in [0.25, 0.3) is 0 Å². The van der Waals surface area contributed by atoms with Crippen LogP contribution in [0.2, 0.25) is 5.02 Å². The Hall–Kier alpha value is -0.440. The fraction of sp³-hybridized carbons (Fsp3) is 0.600. The van der Waals surface area contributed by atoms with Crippen molar-refractivity contribution < 1.29 is 4.74 Å². The van der Waals surface area contributed by atoms with Gasteiger partial charge in [-0.05, 0) is 44.0 Å². The van der Waals surface area contributed by atoms with Gasteiger partial charge in [0.1, 0.15) is 5.75 Å². The van der Waals surface area contributed by atoms with E-state index in [2.05, 4.69) is 4.90 Å². The van der Waals surface area contributed by atoms with Crippen LogP contribution in [0.25, 0.3) is 0 Å². The van der Waals surface area contributed by atoms with Gasteiger partial charge in [0.05, 0.1) is 7.11 Å². The zero-order valence-corrected chi connectivity index (χ0v) is 12.9. The Morgan fingerprint density at radius 1 is 1.37 bits per heavy atom. The second-order valence-corrected chi connectivity index (χ2v) is 5.87. The van der Waals surface area contributed by atoms with Gasteiger partial charge in [-0.2, -0.15) is 0 Å². The van der Waals surface area contributed by atoms with Crippen LogP contribution >= 0.6 is 23.2 Å². The predicted molar refractivity (Wildman–Crippen MR) is 81.4 cm³/mol. The Bertz CT molecular complexity index is 407. The number of halogens is 2. The number of alkyl halides is 1. The quantitative estimate of drug-likeness (QED) is 0.695. The topological polar surface area (TPSA) is 12.5 Å². The summed E-state index contributed by atoms with van der Waals surface area (Å²) in [5.41, 5.74) is 1.16. The van der Waals surface area contributed by atoms with Gasteiger partial charge in [0.15, 0.2) is 0 Å². The first-order chi connectivity index (χ1) is 9.24. The molecule has 1 fully saturated rings. The lowest BCUT2D eigenvalue weighted by Crippen LogP contribution is -2.40. The summed E-state index contributed by atoms with van der Waals surface area (Å²) in [6.45, 7) is 1.94. The molecule has 1 aromatic carbocycles. The lowest BCUT2D eigenvalue weighted by atomic mass is 9.91. The zero-order chi connectivity index (χ0) is 13.7. The van der Waals surface area contributed by atoms with Crippen LogP contribution in [-0.2, 0) is 6.54 Å². The third-order valence-electron chi connectivity index (χ3n) is 3.79. The van der Waals surface area contributed by atoms with Gasteiger partial charge < -0.3 is 4.74 Å². The molecule has 0 bridgehead atoms. The van der Waals surface area contributed by atoms with Crippen LogP contribution in [0.5, 0.6) is 5.75 Å².